The Kier molecular flexibility index (Phi) is 4.89. The number of halogens is 3. The molecule has 1 aliphatic rings. The zero-order chi connectivity index (χ0) is 18.1. The lowest BCUT2D eigenvalue weighted by atomic mass is 9.94. The lowest BCUT2D eigenvalue weighted by molar-refractivity contribution is -0.186. The van der Waals surface area contributed by atoms with Gasteiger partial charge in [0.15, 0.2) is 5.60 Å². The second-order valence-electron chi connectivity index (χ2n) is 6.19. The van der Waals surface area contributed by atoms with Crippen LogP contribution in [0.3, 0.4) is 0 Å². The van der Waals surface area contributed by atoms with Crippen LogP contribution in [0.4, 0.5) is 13.2 Å². The topological polar surface area (TPSA) is 83.6 Å². The number of hydrogen-bond donors (Lipinski definition) is 2. The Hall–Kier alpha value is -2.09. The summed E-state index contributed by atoms with van der Waals surface area (Å²) in [6.45, 7) is 1.01. The Bertz CT molecular complexity index is 636. The van der Waals surface area contributed by atoms with Crippen LogP contribution in [-0.4, -0.2) is 46.4 Å². The minimum Gasteiger partial charge on any atom is -0.381 e. The van der Waals surface area contributed by atoms with Crippen LogP contribution in [0.1, 0.15) is 31.2 Å². The van der Waals surface area contributed by atoms with E-state index in [0.29, 0.717) is 0 Å². The van der Waals surface area contributed by atoms with E-state index in [9.17, 15) is 27.9 Å². The molecule has 2 unspecified atom stereocenters. The number of alkyl halides is 2. The molecule has 5 nitrogen and oxygen atoms in total. The number of benzene rings is 1. The number of β-amino-alcohol motifs (C(OH)–C–C–N with tert-alkyl or cyclic N) is 1. The molecule has 0 radical (unpaired) electrons. The highest BCUT2D eigenvalue weighted by Gasteiger charge is 2.60. The first-order chi connectivity index (χ1) is 11.1. The zero-order valence-corrected chi connectivity index (χ0v) is 13.1. The number of rotatable bonds is 5. The molecule has 0 saturated carbocycles. The van der Waals surface area contributed by atoms with Crippen LogP contribution in [0.5, 0.6) is 0 Å². The molecule has 0 bridgehead atoms. The molecule has 132 valence electrons. The third-order valence-electron chi connectivity index (χ3n) is 4.41. The fraction of sp³-hybridized carbons (Fsp3) is 0.500. The number of primary amides is 1. The van der Waals surface area contributed by atoms with Crippen LogP contribution in [0, 0.1) is 5.82 Å². The van der Waals surface area contributed by atoms with Gasteiger partial charge in [-0.15, -0.1) is 0 Å². The van der Waals surface area contributed by atoms with Gasteiger partial charge in [0.2, 0.25) is 5.91 Å². The van der Waals surface area contributed by atoms with E-state index >= 15 is 0 Å². The predicted molar refractivity (Wildman–Crippen MR) is 79.7 cm³/mol. The van der Waals surface area contributed by atoms with Gasteiger partial charge in [-0.05, 0) is 23.6 Å². The Morgan fingerprint density at radius 3 is 2.50 bits per heavy atom. The number of likely N-dealkylation sites (tertiary alicyclic amines) is 1. The number of carbonyl (C=O) groups is 2. The van der Waals surface area contributed by atoms with E-state index in [-0.39, 0.29) is 18.9 Å². The summed E-state index contributed by atoms with van der Waals surface area (Å²) < 4.78 is 40.4. The second-order valence-corrected chi connectivity index (χ2v) is 6.19. The monoisotopic (exact) mass is 344 g/mol. The molecule has 2 atom stereocenters. The van der Waals surface area contributed by atoms with Gasteiger partial charge in [0.1, 0.15) is 5.82 Å². The third kappa shape index (κ3) is 3.38. The van der Waals surface area contributed by atoms with Gasteiger partial charge in [-0.2, -0.15) is 8.78 Å². The van der Waals surface area contributed by atoms with E-state index in [1.165, 1.54) is 12.1 Å². The van der Waals surface area contributed by atoms with Gasteiger partial charge < -0.3 is 15.7 Å². The van der Waals surface area contributed by atoms with Gasteiger partial charge in [-0.3, -0.25) is 9.59 Å². The quantitative estimate of drug-likeness (QED) is 0.847. The third-order valence-corrected chi connectivity index (χ3v) is 4.41. The maximum atomic E-state index is 13.7. The molecule has 1 heterocycles. The summed E-state index contributed by atoms with van der Waals surface area (Å²) in [5.74, 6) is -7.09. The van der Waals surface area contributed by atoms with Gasteiger partial charge in [0.25, 0.3) is 5.91 Å². The van der Waals surface area contributed by atoms with Crippen molar-refractivity contribution in [2.75, 3.05) is 13.1 Å². The largest absolute Gasteiger partial charge is 0.381 e. The highest BCUT2D eigenvalue weighted by atomic mass is 19.3. The number of amides is 2. The lowest BCUT2D eigenvalue weighted by Gasteiger charge is -2.29. The number of hydrogen-bond acceptors (Lipinski definition) is 3. The van der Waals surface area contributed by atoms with Crippen molar-refractivity contribution >= 4 is 11.8 Å². The molecule has 8 heteroatoms. The SMILES string of the molecule is CC(CC(=O)N1CCC(O)(C(F)(F)C(N)=O)C1)c1ccc(F)cc1. The average Bonchev–Trinajstić information content (AvgIpc) is 2.92. The molecule has 1 aliphatic heterocycles. The van der Waals surface area contributed by atoms with Crippen molar-refractivity contribution in [3.8, 4) is 0 Å². The smallest absolute Gasteiger partial charge is 0.353 e. The fourth-order valence-corrected chi connectivity index (χ4v) is 2.79. The van der Waals surface area contributed by atoms with Crippen LogP contribution in [-0.2, 0) is 9.59 Å². The van der Waals surface area contributed by atoms with Crippen molar-refractivity contribution < 1.29 is 27.9 Å². The van der Waals surface area contributed by atoms with Crippen molar-refractivity contribution in [3.63, 3.8) is 0 Å². The van der Waals surface area contributed by atoms with Crippen LogP contribution < -0.4 is 5.73 Å². The van der Waals surface area contributed by atoms with Crippen LogP contribution in [0.25, 0.3) is 0 Å². The molecule has 1 aromatic rings. The Morgan fingerprint density at radius 1 is 1.38 bits per heavy atom. The minimum atomic E-state index is -4.11. The molecule has 3 N–H and O–H groups in total. The molecule has 1 fully saturated rings. The first-order valence-corrected chi connectivity index (χ1v) is 7.50. The summed E-state index contributed by atoms with van der Waals surface area (Å²) in [7, 11) is 0. The highest BCUT2D eigenvalue weighted by Crippen LogP contribution is 2.37. The fourth-order valence-electron chi connectivity index (χ4n) is 2.79. The van der Waals surface area contributed by atoms with E-state index in [0.717, 1.165) is 10.5 Å². The molecule has 1 saturated heterocycles. The Labute approximate surface area is 137 Å². The van der Waals surface area contributed by atoms with Crippen LogP contribution in [0.15, 0.2) is 24.3 Å². The van der Waals surface area contributed by atoms with Gasteiger partial charge in [-0.25, -0.2) is 4.39 Å². The summed E-state index contributed by atoms with van der Waals surface area (Å²) in [6.07, 6.45) is -0.413. The van der Waals surface area contributed by atoms with Gasteiger partial charge in [0, 0.05) is 19.4 Å². The zero-order valence-electron chi connectivity index (χ0n) is 13.1. The maximum Gasteiger partial charge on any atom is 0.353 e. The van der Waals surface area contributed by atoms with E-state index in [1.807, 2.05) is 0 Å². The number of nitrogens with two attached hydrogens (primary N) is 1. The molecule has 0 spiro atoms. The van der Waals surface area contributed by atoms with Gasteiger partial charge in [-0.1, -0.05) is 19.1 Å². The van der Waals surface area contributed by atoms with E-state index in [1.54, 1.807) is 19.1 Å². The van der Waals surface area contributed by atoms with Crippen molar-refractivity contribution in [1.29, 1.82) is 0 Å². The van der Waals surface area contributed by atoms with Crippen LogP contribution >= 0.6 is 0 Å². The summed E-state index contributed by atoms with van der Waals surface area (Å²) >= 11 is 0. The first kappa shape index (κ1) is 18.3. The van der Waals surface area contributed by atoms with E-state index in [2.05, 4.69) is 5.73 Å². The van der Waals surface area contributed by atoms with Crippen molar-refractivity contribution in [2.45, 2.75) is 37.2 Å². The summed E-state index contributed by atoms with van der Waals surface area (Å²) in [5.41, 5.74) is 2.74. The number of aliphatic hydroxyl groups is 1. The average molecular weight is 344 g/mol. The van der Waals surface area contributed by atoms with Gasteiger partial charge >= 0.3 is 5.92 Å². The molecule has 1 aromatic carbocycles. The molecule has 24 heavy (non-hydrogen) atoms. The molecular formula is C16H19F3N2O3. The number of carbonyl (C=O) groups excluding carboxylic acids is 2. The molecule has 0 aromatic heterocycles. The van der Waals surface area contributed by atoms with Crippen LogP contribution in [0.2, 0.25) is 0 Å². The summed E-state index contributed by atoms with van der Waals surface area (Å²) in [6, 6.07) is 5.65. The minimum absolute atomic E-state index is 0.0177. The van der Waals surface area contributed by atoms with E-state index < -0.39 is 42.1 Å². The molecule has 0 aliphatic carbocycles. The number of nitrogens with zero attached hydrogens (tertiary/aromatic N) is 1. The molecular weight excluding hydrogens is 325 g/mol. The van der Waals surface area contributed by atoms with Crippen molar-refractivity contribution in [1.82, 2.24) is 4.90 Å². The Balaban J connectivity index is 2.02. The molecule has 2 rings (SSSR count). The maximum absolute atomic E-state index is 13.7. The predicted octanol–water partition coefficient (Wildman–Crippen LogP) is 1.40. The normalized spacial score (nSPS) is 22.5. The van der Waals surface area contributed by atoms with Crippen molar-refractivity contribution in [2.24, 2.45) is 5.73 Å². The van der Waals surface area contributed by atoms with Crippen molar-refractivity contribution in [3.05, 3.63) is 35.6 Å². The lowest BCUT2D eigenvalue weighted by Crippen LogP contribution is -2.57. The summed E-state index contributed by atoms with van der Waals surface area (Å²) in [4.78, 5) is 24.2. The first-order valence-electron chi connectivity index (χ1n) is 7.50. The Morgan fingerprint density at radius 2 is 1.96 bits per heavy atom. The van der Waals surface area contributed by atoms with Gasteiger partial charge in [0.05, 0.1) is 6.54 Å². The highest BCUT2D eigenvalue weighted by molar-refractivity contribution is 5.84. The summed E-state index contributed by atoms with van der Waals surface area (Å²) in [5, 5.41) is 10.0. The molecule has 2 amide bonds. The van der Waals surface area contributed by atoms with E-state index in [4.69, 9.17) is 0 Å². The standard InChI is InChI=1S/C16H19F3N2O3/c1-10(11-2-4-12(17)5-3-11)8-13(22)21-7-6-15(24,9-21)16(18,19)14(20)23/h2-5,10,24H,6-9H2,1H3,(H2,20,23). The second kappa shape index (κ2) is 6.43.